The van der Waals surface area contributed by atoms with E-state index in [0.717, 1.165) is 31.9 Å². The molecule has 1 amide bonds. The molecule has 1 aliphatic rings. The summed E-state index contributed by atoms with van der Waals surface area (Å²) in [5, 5.41) is 3.61. The van der Waals surface area contributed by atoms with Crippen LogP contribution in [0.5, 0.6) is 0 Å². The van der Waals surface area contributed by atoms with E-state index in [9.17, 15) is 9.18 Å². The van der Waals surface area contributed by atoms with E-state index in [1.807, 2.05) is 11.8 Å². The van der Waals surface area contributed by atoms with Crippen molar-refractivity contribution in [2.75, 3.05) is 6.26 Å². The molecule has 1 N–H and O–H groups in total. The van der Waals surface area contributed by atoms with Gasteiger partial charge < -0.3 is 5.32 Å². The van der Waals surface area contributed by atoms with Crippen molar-refractivity contribution in [2.45, 2.75) is 37.0 Å². The SMILES string of the molecule is CSC1CCC(NC(=O)c2ccncc2F)CC1. The molecule has 0 atom stereocenters. The molecule has 1 aliphatic carbocycles. The summed E-state index contributed by atoms with van der Waals surface area (Å²) in [6, 6.07) is 1.59. The van der Waals surface area contributed by atoms with Crippen molar-refractivity contribution < 1.29 is 9.18 Å². The van der Waals surface area contributed by atoms with Crippen LogP contribution in [0.3, 0.4) is 0 Å². The van der Waals surface area contributed by atoms with E-state index >= 15 is 0 Å². The van der Waals surface area contributed by atoms with E-state index in [1.54, 1.807) is 0 Å². The average molecular weight is 268 g/mol. The van der Waals surface area contributed by atoms with Crippen LogP contribution in [0.25, 0.3) is 0 Å². The molecule has 18 heavy (non-hydrogen) atoms. The highest BCUT2D eigenvalue weighted by Gasteiger charge is 2.22. The number of pyridine rings is 1. The van der Waals surface area contributed by atoms with Crippen molar-refractivity contribution in [1.82, 2.24) is 10.3 Å². The Hall–Kier alpha value is -1.10. The van der Waals surface area contributed by atoms with Gasteiger partial charge >= 0.3 is 0 Å². The first-order chi connectivity index (χ1) is 8.70. The first kappa shape index (κ1) is 13.3. The fourth-order valence-electron chi connectivity index (χ4n) is 2.27. The minimum atomic E-state index is -0.562. The standard InChI is InChI=1S/C13H17FN2OS/c1-18-10-4-2-9(3-5-10)16-13(17)11-6-7-15-8-12(11)14/h6-10H,2-5H2,1H3,(H,16,17). The Morgan fingerprint density at radius 1 is 1.44 bits per heavy atom. The van der Waals surface area contributed by atoms with Gasteiger partial charge in [-0.25, -0.2) is 4.39 Å². The van der Waals surface area contributed by atoms with E-state index < -0.39 is 5.82 Å². The minimum Gasteiger partial charge on any atom is -0.349 e. The molecule has 1 heterocycles. The summed E-state index contributed by atoms with van der Waals surface area (Å²) in [4.78, 5) is 15.5. The van der Waals surface area contributed by atoms with Crippen molar-refractivity contribution in [1.29, 1.82) is 0 Å². The molecule has 2 rings (SSSR count). The van der Waals surface area contributed by atoms with Crippen LogP contribution in [-0.2, 0) is 0 Å². The van der Waals surface area contributed by atoms with Gasteiger partial charge in [0.15, 0.2) is 5.82 Å². The smallest absolute Gasteiger partial charge is 0.254 e. The molecular formula is C13H17FN2OS. The maximum atomic E-state index is 13.4. The molecule has 1 fully saturated rings. The lowest BCUT2D eigenvalue weighted by Gasteiger charge is -2.28. The molecule has 1 aromatic heterocycles. The molecule has 0 bridgehead atoms. The number of halogens is 1. The Kier molecular flexibility index (Phi) is 4.58. The van der Waals surface area contributed by atoms with Crippen molar-refractivity contribution in [2.24, 2.45) is 0 Å². The number of nitrogens with one attached hydrogen (secondary N) is 1. The maximum absolute atomic E-state index is 13.4. The molecule has 0 spiro atoms. The van der Waals surface area contributed by atoms with Gasteiger partial charge in [-0.05, 0) is 38.0 Å². The first-order valence-electron chi connectivity index (χ1n) is 6.14. The normalized spacial score (nSPS) is 23.7. The maximum Gasteiger partial charge on any atom is 0.254 e. The summed E-state index contributed by atoms with van der Waals surface area (Å²) in [5.74, 6) is -0.893. The Labute approximate surface area is 111 Å². The molecule has 0 aliphatic heterocycles. The number of carbonyl (C=O) groups is 1. The van der Waals surface area contributed by atoms with Crippen LogP contribution >= 0.6 is 11.8 Å². The number of nitrogens with zero attached hydrogens (tertiary/aromatic N) is 1. The second kappa shape index (κ2) is 6.18. The van der Waals surface area contributed by atoms with E-state index in [-0.39, 0.29) is 17.5 Å². The van der Waals surface area contributed by atoms with Gasteiger partial charge in [0, 0.05) is 17.5 Å². The fourth-order valence-corrected chi connectivity index (χ4v) is 3.01. The van der Waals surface area contributed by atoms with Gasteiger partial charge in [-0.1, -0.05) is 0 Å². The molecule has 0 radical (unpaired) electrons. The predicted octanol–water partition coefficient (Wildman–Crippen LogP) is 2.62. The number of amides is 1. The Bertz CT molecular complexity index is 419. The average Bonchev–Trinajstić information content (AvgIpc) is 2.40. The third-order valence-electron chi connectivity index (χ3n) is 3.36. The van der Waals surface area contributed by atoms with E-state index in [4.69, 9.17) is 0 Å². The lowest BCUT2D eigenvalue weighted by atomic mass is 9.95. The highest BCUT2D eigenvalue weighted by Crippen LogP contribution is 2.27. The van der Waals surface area contributed by atoms with Crippen LogP contribution in [0.2, 0.25) is 0 Å². The number of aromatic nitrogens is 1. The number of hydrogen-bond donors (Lipinski definition) is 1. The largest absolute Gasteiger partial charge is 0.349 e. The summed E-state index contributed by atoms with van der Waals surface area (Å²) < 4.78 is 13.4. The lowest BCUT2D eigenvalue weighted by molar-refractivity contribution is 0.0924. The van der Waals surface area contributed by atoms with E-state index in [1.165, 1.54) is 12.3 Å². The topological polar surface area (TPSA) is 42.0 Å². The second-order valence-corrected chi connectivity index (χ2v) is 5.68. The second-order valence-electron chi connectivity index (χ2n) is 4.54. The van der Waals surface area contributed by atoms with E-state index in [2.05, 4.69) is 16.6 Å². The van der Waals surface area contributed by atoms with Crippen molar-refractivity contribution in [3.05, 3.63) is 29.8 Å². The zero-order valence-electron chi connectivity index (χ0n) is 10.4. The minimum absolute atomic E-state index is 0.0805. The number of rotatable bonds is 3. The van der Waals surface area contributed by atoms with Crippen LogP contribution in [0.15, 0.2) is 18.5 Å². The van der Waals surface area contributed by atoms with Crippen molar-refractivity contribution >= 4 is 17.7 Å². The quantitative estimate of drug-likeness (QED) is 0.916. The molecule has 98 valence electrons. The van der Waals surface area contributed by atoms with Gasteiger partial charge in [0.05, 0.1) is 11.8 Å². The molecule has 3 nitrogen and oxygen atoms in total. The first-order valence-corrected chi connectivity index (χ1v) is 7.42. The number of carbonyl (C=O) groups excluding carboxylic acids is 1. The van der Waals surface area contributed by atoms with Crippen LogP contribution in [0.1, 0.15) is 36.0 Å². The van der Waals surface area contributed by atoms with Crippen LogP contribution in [0.4, 0.5) is 4.39 Å². The molecule has 0 unspecified atom stereocenters. The summed E-state index contributed by atoms with van der Waals surface area (Å²) in [5.41, 5.74) is 0.0805. The summed E-state index contributed by atoms with van der Waals surface area (Å²) in [6.45, 7) is 0. The third-order valence-corrected chi connectivity index (χ3v) is 4.50. The van der Waals surface area contributed by atoms with Crippen molar-refractivity contribution in [3.8, 4) is 0 Å². The summed E-state index contributed by atoms with van der Waals surface area (Å²) in [6.07, 6.45) is 8.81. The zero-order chi connectivity index (χ0) is 13.0. The van der Waals surface area contributed by atoms with Crippen LogP contribution in [0, 0.1) is 5.82 Å². The Morgan fingerprint density at radius 2 is 2.17 bits per heavy atom. The van der Waals surface area contributed by atoms with Gasteiger partial charge in [-0.3, -0.25) is 9.78 Å². The highest BCUT2D eigenvalue weighted by atomic mass is 32.2. The van der Waals surface area contributed by atoms with Gasteiger partial charge in [0.25, 0.3) is 5.91 Å². The third kappa shape index (κ3) is 3.22. The predicted molar refractivity (Wildman–Crippen MR) is 71.2 cm³/mol. The van der Waals surface area contributed by atoms with Gasteiger partial charge in [0.2, 0.25) is 0 Å². The van der Waals surface area contributed by atoms with Crippen LogP contribution < -0.4 is 5.32 Å². The molecule has 0 aromatic carbocycles. The fraction of sp³-hybridized carbons (Fsp3) is 0.538. The zero-order valence-corrected chi connectivity index (χ0v) is 11.2. The number of thioether (sulfide) groups is 1. The molecular weight excluding hydrogens is 251 g/mol. The van der Waals surface area contributed by atoms with Gasteiger partial charge in [-0.15, -0.1) is 0 Å². The molecule has 1 aromatic rings. The summed E-state index contributed by atoms with van der Waals surface area (Å²) >= 11 is 1.88. The van der Waals surface area contributed by atoms with Gasteiger partial charge in [0.1, 0.15) is 0 Å². The van der Waals surface area contributed by atoms with Gasteiger partial charge in [-0.2, -0.15) is 11.8 Å². The van der Waals surface area contributed by atoms with E-state index in [0.29, 0.717) is 5.25 Å². The summed E-state index contributed by atoms with van der Waals surface area (Å²) in [7, 11) is 0. The van der Waals surface area contributed by atoms with Crippen LogP contribution in [-0.4, -0.2) is 28.4 Å². The highest BCUT2D eigenvalue weighted by molar-refractivity contribution is 7.99. The molecule has 0 saturated heterocycles. The Morgan fingerprint density at radius 3 is 2.78 bits per heavy atom. The number of hydrogen-bond acceptors (Lipinski definition) is 3. The monoisotopic (exact) mass is 268 g/mol. The Balaban J connectivity index is 1.91. The lowest BCUT2D eigenvalue weighted by Crippen LogP contribution is -2.38. The van der Waals surface area contributed by atoms with Crippen molar-refractivity contribution in [3.63, 3.8) is 0 Å². The molecule has 5 heteroatoms. The molecule has 1 saturated carbocycles.